The first kappa shape index (κ1) is 29.1. The van der Waals surface area contributed by atoms with Crippen LogP contribution >= 0.6 is 0 Å². The number of hydrogen-bond acceptors (Lipinski definition) is 6. The third-order valence-corrected chi connectivity index (χ3v) is 7.61. The van der Waals surface area contributed by atoms with Crippen molar-refractivity contribution in [2.75, 3.05) is 25.6 Å². The van der Waals surface area contributed by atoms with Gasteiger partial charge >= 0.3 is 12.0 Å². The molecule has 2 aromatic carbocycles. The maximum atomic E-state index is 14.1. The average molecular weight is 577 g/mol. The third kappa shape index (κ3) is 6.41. The number of rotatable bonds is 10. The number of carbonyl (C=O) groups excluding carboxylic acids is 1. The summed E-state index contributed by atoms with van der Waals surface area (Å²) in [6, 6.07) is 13.0. The molecule has 4 aromatic rings. The molecule has 0 unspecified atom stereocenters. The van der Waals surface area contributed by atoms with E-state index in [0.29, 0.717) is 42.3 Å². The van der Waals surface area contributed by atoms with Gasteiger partial charge in [-0.25, -0.2) is 28.2 Å². The third-order valence-electron chi connectivity index (χ3n) is 7.61. The largest absolute Gasteiger partial charge is 0.464 e. The van der Waals surface area contributed by atoms with Crippen molar-refractivity contribution in [1.29, 1.82) is 0 Å². The van der Waals surface area contributed by atoms with Gasteiger partial charge in [0.15, 0.2) is 11.6 Å². The molecule has 42 heavy (non-hydrogen) atoms. The van der Waals surface area contributed by atoms with Crippen molar-refractivity contribution in [3.05, 3.63) is 83.7 Å². The molecular formula is C31H34F2N6O3. The zero-order valence-corrected chi connectivity index (χ0v) is 23.8. The zero-order valence-electron chi connectivity index (χ0n) is 23.8. The molecule has 11 heteroatoms. The monoisotopic (exact) mass is 576 g/mol. The summed E-state index contributed by atoms with van der Waals surface area (Å²) in [4.78, 5) is 22.0. The fraction of sp³-hybridized carbons (Fsp3) is 0.355. The maximum Gasteiger partial charge on any atom is 0.320 e. The first-order valence-electron chi connectivity index (χ1n) is 14.0. The van der Waals surface area contributed by atoms with Gasteiger partial charge in [0, 0.05) is 49.2 Å². The predicted octanol–water partition coefficient (Wildman–Crippen LogP) is 6.04. The predicted molar refractivity (Wildman–Crippen MR) is 155 cm³/mol. The lowest BCUT2D eigenvalue weighted by molar-refractivity contribution is 0.177. The molecule has 0 saturated heterocycles. The smallest absolute Gasteiger partial charge is 0.320 e. The first-order valence-corrected chi connectivity index (χ1v) is 14.0. The van der Waals surface area contributed by atoms with Crippen LogP contribution in [0, 0.1) is 24.5 Å². The Hall–Kier alpha value is -4.38. The number of amides is 2. The zero-order chi connectivity index (χ0) is 29.6. The number of carbonyl (C=O) groups is 1. The summed E-state index contributed by atoms with van der Waals surface area (Å²) >= 11 is 0. The van der Waals surface area contributed by atoms with Crippen LogP contribution in [0.5, 0.6) is 6.01 Å². The molecule has 2 N–H and O–H groups in total. The molecule has 1 saturated carbocycles. The maximum absolute atomic E-state index is 14.1. The number of halogens is 2. The quantitative estimate of drug-likeness (QED) is 0.239. The highest BCUT2D eigenvalue weighted by Gasteiger charge is 2.36. The molecule has 0 spiro atoms. The fourth-order valence-electron chi connectivity index (χ4n) is 5.56. The van der Waals surface area contributed by atoms with Crippen LogP contribution in [0.3, 0.4) is 0 Å². The molecule has 1 aliphatic rings. The number of hydrogen-bond donors (Lipinski definition) is 2. The Labute approximate surface area is 243 Å². The summed E-state index contributed by atoms with van der Waals surface area (Å²) < 4.78 is 40.1. The standard InChI is InChI=1S/C31H34F2N6O3/c1-4-42-31-34-17-22(18-35-31)28-19(2)29(39(38-28)23-8-6-5-7-9-23)37-30(40)36-27-15-20(12-13-41-3)14-24(27)21-10-11-25(32)26(33)16-21/h5-11,16-18,20,24,27H,4,12-15H2,1-3H3,(H2,36,37,40)/t20-,24-,27+/m0/s1. The van der Waals surface area contributed by atoms with Gasteiger partial charge in [0.25, 0.3) is 0 Å². The number of para-hydroxylation sites is 1. The number of urea groups is 1. The van der Waals surface area contributed by atoms with Gasteiger partial charge in [0.05, 0.1) is 12.3 Å². The van der Waals surface area contributed by atoms with Gasteiger partial charge in [-0.05, 0) is 68.9 Å². The Kier molecular flexibility index (Phi) is 9.06. The van der Waals surface area contributed by atoms with Crippen LogP contribution in [0.1, 0.15) is 43.2 Å². The van der Waals surface area contributed by atoms with Gasteiger partial charge in [-0.1, -0.05) is 24.3 Å². The number of nitrogens with one attached hydrogen (secondary N) is 2. The van der Waals surface area contributed by atoms with Gasteiger partial charge in [-0.3, -0.25) is 5.32 Å². The second-order valence-corrected chi connectivity index (χ2v) is 10.4. The van der Waals surface area contributed by atoms with E-state index in [1.807, 2.05) is 44.2 Å². The van der Waals surface area contributed by atoms with Gasteiger partial charge < -0.3 is 14.8 Å². The fourth-order valence-corrected chi connectivity index (χ4v) is 5.56. The molecule has 220 valence electrons. The number of nitrogens with zero attached hydrogens (tertiary/aromatic N) is 4. The summed E-state index contributed by atoms with van der Waals surface area (Å²) in [5, 5.41) is 10.9. The van der Waals surface area contributed by atoms with Gasteiger partial charge in [-0.2, -0.15) is 5.10 Å². The van der Waals surface area contributed by atoms with E-state index in [4.69, 9.17) is 14.6 Å². The lowest BCUT2D eigenvalue weighted by Gasteiger charge is -2.22. The van der Waals surface area contributed by atoms with Crippen LogP contribution in [0.25, 0.3) is 16.9 Å². The Morgan fingerprint density at radius 2 is 1.83 bits per heavy atom. The number of ether oxygens (including phenoxy) is 2. The van der Waals surface area contributed by atoms with Crippen LogP contribution in [0.15, 0.2) is 60.9 Å². The van der Waals surface area contributed by atoms with Crippen LogP contribution in [0.2, 0.25) is 0 Å². The Morgan fingerprint density at radius 1 is 1.07 bits per heavy atom. The highest BCUT2D eigenvalue weighted by Crippen LogP contribution is 2.41. The van der Waals surface area contributed by atoms with Gasteiger partial charge in [0.1, 0.15) is 11.5 Å². The van der Waals surface area contributed by atoms with E-state index in [1.165, 1.54) is 6.07 Å². The molecule has 2 amide bonds. The molecular weight excluding hydrogens is 542 g/mol. The highest BCUT2D eigenvalue weighted by atomic mass is 19.2. The Balaban J connectivity index is 1.42. The number of methoxy groups -OCH3 is 1. The van der Waals surface area contributed by atoms with E-state index >= 15 is 0 Å². The SMILES string of the molecule is CCOc1ncc(-c2nn(-c3ccccc3)c(NC(=O)N[C@@H]3C[C@@H](CCOC)C[C@H]3c3ccc(F)c(F)c3)c2C)cn1. The highest BCUT2D eigenvalue weighted by molar-refractivity contribution is 5.91. The number of benzene rings is 2. The minimum absolute atomic E-state index is 0.176. The molecule has 2 heterocycles. The normalized spacial score (nSPS) is 18.2. The van der Waals surface area contributed by atoms with Crippen LogP contribution < -0.4 is 15.4 Å². The minimum Gasteiger partial charge on any atom is -0.464 e. The molecule has 9 nitrogen and oxygen atoms in total. The van der Waals surface area contributed by atoms with E-state index in [9.17, 15) is 13.6 Å². The lowest BCUT2D eigenvalue weighted by atomic mass is 9.93. The van der Waals surface area contributed by atoms with E-state index in [2.05, 4.69) is 20.6 Å². The molecule has 1 fully saturated rings. The molecule has 0 aliphatic heterocycles. The van der Waals surface area contributed by atoms with Crippen molar-refractivity contribution >= 4 is 11.8 Å². The van der Waals surface area contributed by atoms with Crippen molar-refractivity contribution in [1.82, 2.24) is 25.1 Å². The summed E-state index contributed by atoms with van der Waals surface area (Å²) in [5.74, 6) is -1.22. The molecule has 1 aliphatic carbocycles. The topological polar surface area (TPSA) is 103 Å². The molecule has 0 radical (unpaired) electrons. The molecule has 3 atom stereocenters. The van der Waals surface area contributed by atoms with Gasteiger partial charge in [-0.15, -0.1) is 0 Å². The first-order chi connectivity index (χ1) is 20.4. The Morgan fingerprint density at radius 3 is 2.52 bits per heavy atom. The van der Waals surface area contributed by atoms with Crippen molar-refractivity contribution in [3.8, 4) is 23.0 Å². The summed E-state index contributed by atoms with van der Waals surface area (Å²) in [7, 11) is 1.65. The minimum atomic E-state index is -0.899. The summed E-state index contributed by atoms with van der Waals surface area (Å²) in [5.41, 5.74) is 3.42. The molecule has 5 rings (SSSR count). The van der Waals surface area contributed by atoms with Crippen molar-refractivity contribution in [3.63, 3.8) is 0 Å². The van der Waals surface area contributed by atoms with Crippen LogP contribution in [-0.2, 0) is 4.74 Å². The van der Waals surface area contributed by atoms with E-state index in [0.717, 1.165) is 30.2 Å². The van der Waals surface area contributed by atoms with Crippen LogP contribution in [-0.4, -0.2) is 52.1 Å². The van der Waals surface area contributed by atoms with E-state index < -0.39 is 17.7 Å². The second kappa shape index (κ2) is 13.1. The lowest BCUT2D eigenvalue weighted by Crippen LogP contribution is -2.40. The molecule has 2 aromatic heterocycles. The van der Waals surface area contributed by atoms with E-state index in [1.54, 1.807) is 30.3 Å². The number of anilines is 1. The molecule has 0 bridgehead atoms. The van der Waals surface area contributed by atoms with Crippen molar-refractivity contribution in [2.45, 2.75) is 45.1 Å². The van der Waals surface area contributed by atoms with Crippen molar-refractivity contribution < 1.29 is 23.0 Å². The number of aromatic nitrogens is 4. The summed E-state index contributed by atoms with van der Waals surface area (Å²) in [6.45, 7) is 4.77. The second-order valence-electron chi connectivity index (χ2n) is 10.4. The summed E-state index contributed by atoms with van der Waals surface area (Å²) in [6.07, 6.45) is 5.49. The van der Waals surface area contributed by atoms with Crippen LogP contribution in [0.4, 0.5) is 19.4 Å². The Bertz CT molecular complexity index is 1510. The van der Waals surface area contributed by atoms with E-state index in [-0.39, 0.29) is 23.9 Å². The average Bonchev–Trinajstić information content (AvgIpc) is 3.54. The van der Waals surface area contributed by atoms with Gasteiger partial charge in [0.2, 0.25) is 0 Å². The van der Waals surface area contributed by atoms with Crippen molar-refractivity contribution in [2.24, 2.45) is 5.92 Å².